The Balaban J connectivity index is 1.78. The number of benzene rings is 3. The Hall–Kier alpha value is -2.33. The topological polar surface area (TPSA) is 35.0 Å². The molecule has 1 aromatic heterocycles. The van der Waals surface area contributed by atoms with Crippen LogP contribution in [-0.4, -0.2) is 9.97 Å². The Labute approximate surface area is 171 Å². The largest absolute Gasteiger partial charge is 0.472 e. The number of fused-ring (bicyclic) bond motifs is 1. The molecule has 0 saturated carbocycles. The molecule has 3 aromatic carbocycles. The Morgan fingerprint density at radius 3 is 2.37 bits per heavy atom. The molecular formula is C21H13Cl3N2O. The first-order chi connectivity index (χ1) is 13.1. The third kappa shape index (κ3) is 3.86. The fourth-order valence-electron chi connectivity index (χ4n) is 2.71. The van der Waals surface area contributed by atoms with Crippen LogP contribution in [0.1, 0.15) is 5.56 Å². The molecule has 4 aromatic rings. The second-order valence-corrected chi connectivity index (χ2v) is 7.12. The molecule has 0 aliphatic carbocycles. The lowest BCUT2D eigenvalue weighted by Crippen LogP contribution is -2.01. The second-order valence-electron chi connectivity index (χ2n) is 5.87. The number of hydrogen-bond acceptors (Lipinski definition) is 3. The molecule has 3 nitrogen and oxygen atoms in total. The summed E-state index contributed by atoms with van der Waals surface area (Å²) in [6.45, 7) is 0.300. The minimum Gasteiger partial charge on any atom is -0.472 e. The van der Waals surface area contributed by atoms with Crippen LogP contribution in [0.15, 0.2) is 66.7 Å². The van der Waals surface area contributed by atoms with Crippen molar-refractivity contribution in [3.8, 4) is 17.3 Å². The molecule has 27 heavy (non-hydrogen) atoms. The first-order valence-corrected chi connectivity index (χ1v) is 9.33. The summed E-state index contributed by atoms with van der Waals surface area (Å²) < 4.78 is 6.01. The SMILES string of the molecule is Clc1ccc(-c2nc(OCc3ccccc3Cl)c3ccccc3n2)c(Cl)c1. The molecule has 0 saturated heterocycles. The van der Waals surface area contributed by atoms with Gasteiger partial charge in [-0.1, -0.05) is 65.1 Å². The van der Waals surface area contributed by atoms with E-state index in [1.54, 1.807) is 18.2 Å². The molecule has 134 valence electrons. The molecule has 0 amide bonds. The van der Waals surface area contributed by atoms with E-state index < -0.39 is 0 Å². The molecular weight excluding hydrogens is 403 g/mol. The van der Waals surface area contributed by atoms with E-state index in [-0.39, 0.29) is 0 Å². The molecule has 6 heteroatoms. The number of hydrogen-bond donors (Lipinski definition) is 0. The van der Waals surface area contributed by atoms with Gasteiger partial charge < -0.3 is 4.74 Å². The highest BCUT2D eigenvalue weighted by Crippen LogP contribution is 2.32. The number of para-hydroxylation sites is 1. The number of nitrogens with zero attached hydrogens (tertiary/aromatic N) is 2. The molecule has 1 heterocycles. The van der Waals surface area contributed by atoms with Gasteiger partial charge in [0.15, 0.2) is 5.82 Å². The lowest BCUT2D eigenvalue weighted by Gasteiger charge is -2.12. The minimum atomic E-state index is 0.300. The van der Waals surface area contributed by atoms with Gasteiger partial charge in [0.2, 0.25) is 5.88 Å². The summed E-state index contributed by atoms with van der Waals surface area (Å²) in [5.41, 5.74) is 2.34. The van der Waals surface area contributed by atoms with Gasteiger partial charge in [0.1, 0.15) is 6.61 Å². The van der Waals surface area contributed by atoms with Gasteiger partial charge in [0.25, 0.3) is 0 Å². The molecule has 0 unspecified atom stereocenters. The van der Waals surface area contributed by atoms with Crippen LogP contribution in [-0.2, 0) is 6.61 Å². The van der Waals surface area contributed by atoms with Crippen LogP contribution >= 0.6 is 34.8 Å². The first kappa shape index (κ1) is 18.1. The fraction of sp³-hybridized carbons (Fsp3) is 0.0476. The Bertz CT molecular complexity index is 1130. The van der Waals surface area contributed by atoms with Crippen molar-refractivity contribution in [1.29, 1.82) is 0 Å². The number of halogens is 3. The van der Waals surface area contributed by atoms with E-state index in [0.29, 0.717) is 38.9 Å². The lowest BCUT2D eigenvalue weighted by molar-refractivity contribution is 0.298. The maximum Gasteiger partial charge on any atom is 0.225 e. The van der Waals surface area contributed by atoms with E-state index in [1.165, 1.54) is 0 Å². The normalized spacial score (nSPS) is 10.9. The summed E-state index contributed by atoms with van der Waals surface area (Å²) in [7, 11) is 0. The van der Waals surface area contributed by atoms with E-state index in [9.17, 15) is 0 Å². The van der Waals surface area contributed by atoms with Crippen molar-refractivity contribution in [3.63, 3.8) is 0 Å². The van der Waals surface area contributed by atoms with Crippen LogP contribution < -0.4 is 4.74 Å². The van der Waals surface area contributed by atoms with Crippen LogP contribution in [0.25, 0.3) is 22.3 Å². The van der Waals surface area contributed by atoms with Crippen molar-refractivity contribution in [2.45, 2.75) is 6.61 Å². The molecule has 0 bridgehead atoms. The van der Waals surface area contributed by atoms with E-state index in [4.69, 9.17) is 39.5 Å². The van der Waals surface area contributed by atoms with Gasteiger partial charge in [0.05, 0.1) is 15.9 Å². The lowest BCUT2D eigenvalue weighted by atomic mass is 10.2. The summed E-state index contributed by atoms with van der Waals surface area (Å²) in [5.74, 6) is 0.950. The Morgan fingerprint density at radius 1 is 0.778 bits per heavy atom. The standard InChI is InChI=1S/C21H13Cl3N2O/c22-14-9-10-15(18(24)11-14)20-25-19-8-4-2-6-16(19)21(26-20)27-12-13-5-1-3-7-17(13)23/h1-11H,12H2. The molecule has 0 radical (unpaired) electrons. The smallest absolute Gasteiger partial charge is 0.225 e. The Kier molecular flexibility index (Phi) is 5.17. The van der Waals surface area contributed by atoms with Crippen LogP contribution in [0, 0.1) is 0 Å². The summed E-state index contributed by atoms with van der Waals surface area (Å²) in [5, 5.41) is 2.50. The molecule has 0 aliphatic heterocycles. The van der Waals surface area contributed by atoms with Crippen molar-refractivity contribution in [2.75, 3.05) is 0 Å². The van der Waals surface area contributed by atoms with E-state index in [1.807, 2.05) is 48.5 Å². The van der Waals surface area contributed by atoms with Gasteiger partial charge in [-0.15, -0.1) is 0 Å². The van der Waals surface area contributed by atoms with E-state index >= 15 is 0 Å². The van der Waals surface area contributed by atoms with Crippen LogP contribution in [0.3, 0.4) is 0 Å². The maximum absolute atomic E-state index is 6.34. The summed E-state index contributed by atoms with van der Waals surface area (Å²) in [6, 6.07) is 20.4. The highest BCUT2D eigenvalue weighted by Gasteiger charge is 2.13. The summed E-state index contributed by atoms with van der Waals surface area (Å²) >= 11 is 18.6. The number of ether oxygens (including phenoxy) is 1. The molecule has 0 N–H and O–H groups in total. The zero-order chi connectivity index (χ0) is 18.8. The average Bonchev–Trinajstić information content (AvgIpc) is 2.67. The van der Waals surface area contributed by atoms with E-state index in [0.717, 1.165) is 16.5 Å². The van der Waals surface area contributed by atoms with Crippen LogP contribution in [0.2, 0.25) is 15.1 Å². The quantitative estimate of drug-likeness (QED) is 0.366. The van der Waals surface area contributed by atoms with Gasteiger partial charge >= 0.3 is 0 Å². The predicted octanol–water partition coefficient (Wildman–Crippen LogP) is 6.84. The number of rotatable bonds is 4. The monoisotopic (exact) mass is 414 g/mol. The predicted molar refractivity (Wildman–Crippen MR) is 111 cm³/mol. The van der Waals surface area contributed by atoms with Crippen molar-refractivity contribution in [2.24, 2.45) is 0 Å². The van der Waals surface area contributed by atoms with Crippen molar-refractivity contribution < 1.29 is 4.74 Å². The molecule has 4 rings (SSSR count). The average molecular weight is 416 g/mol. The van der Waals surface area contributed by atoms with E-state index in [2.05, 4.69) is 9.97 Å². The van der Waals surface area contributed by atoms with Gasteiger partial charge in [-0.2, -0.15) is 4.98 Å². The van der Waals surface area contributed by atoms with Gasteiger partial charge in [-0.05, 0) is 36.4 Å². The van der Waals surface area contributed by atoms with Crippen LogP contribution in [0.5, 0.6) is 5.88 Å². The highest BCUT2D eigenvalue weighted by molar-refractivity contribution is 6.36. The van der Waals surface area contributed by atoms with Crippen molar-refractivity contribution in [3.05, 3.63) is 87.4 Å². The number of aromatic nitrogens is 2. The second kappa shape index (κ2) is 7.73. The minimum absolute atomic E-state index is 0.300. The van der Waals surface area contributed by atoms with Gasteiger partial charge in [0, 0.05) is 21.2 Å². The zero-order valence-electron chi connectivity index (χ0n) is 14.0. The zero-order valence-corrected chi connectivity index (χ0v) is 16.3. The first-order valence-electron chi connectivity index (χ1n) is 8.20. The molecule has 0 atom stereocenters. The fourth-order valence-corrected chi connectivity index (χ4v) is 3.39. The molecule has 0 fully saturated rings. The molecule has 0 aliphatic rings. The van der Waals surface area contributed by atoms with Crippen molar-refractivity contribution in [1.82, 2.24) is 9.97 Å². The third-order valence-corrected chi connectivity index (χ3v) is 4.98. The summed E-state index contributed by atoms with van der Waals surface area (Å²) in [4.78, 5) is 9.23. The third-order valence-electron chi connectivity index (χ3n) is 4.06. The Morgan fingerprint density at radius 2 is 1.56 bits per heavy atom. The van der Waals surface area contributed by atoms with Gasteiger partial charge in [-0.25, -0.2) is 4.98 Å². The van der Waals surface area contributed by atoms with Gasteiger partial charge in [-0.3, -0.25) is 0 Å². The summed E-state index contributed by atoms with van der Waals surface area (Å²) in [6.07, 6.45) is 0. The maximum atomic E-state index is 6.34. The van der Waals surface area contributed by atoms with Crippen molar-refractivity contribution >= 4 is 45.7 Å². The highest BCUT2D eigenvalue weighted by atomic mass is 35.5. The van der Waals surface area contributed by atoms with Crippen LogP contribution in [0.4, 0.5) is 0 Å². The molecule has 0 spiro atoms.